The van der Waals surface area contributed by atoms with Crippen LogP contribution >= 0.6 is 11.6 Å². The molecule has 3 aromatic rings. The summed E-state index contributed by atoms with van der Waals surface area (Å²) >= 11 is 6.20. The predicted molar refractivity (Wildman–Crippen MR) is 94.6 cm³/mol. The summed E-state index contributed by atoms with van der Waals surface area (Å²) in [5, 5.41) is 4.05. The molecule has 2 aromatic carbocycles. The van der Waals surface area contributed by atoms with Crippen LogP contribution in [0.2, 0.25) is 5.02 Å². The average molecular weight is 342 g/mol. The fourth-order valence-corrected chi connectivity index (χ4v) is 2.85. The highest BCUT2D eigenvalue weighted by atomic mass is 35.5. The topological polar surface area (TPSA) is 64.1 Å². The Labute approximate surface area is 144 Å². The highest BCUT2D eigenvalue weighted by Gasteiger charge is 2.11. The molecule has 0 radical (unpaired) electrons. The van der Waals surface area contributed by atoms with Gasteiger partial charge in [0.05, 0.1) is 21.6 Å². The maximum absolute atomic E-state index is 12.2. The van der Waals surface area contributed by atoms with Crippen molar-refractivity contribution >= 4 is 34.1 Å². The number of carbonyl (C=O) groups is 1. The molecule has 6 heteroatoms. The van der Waals surface area contributed by atoms with Crippen molar-refractivity contribution < 1.29 is 9.53 Å². The molecule has 24 heavy (non-hydrogen) atoms. The summed E-state index contributed by atoms with van der Waals surface area (Å²) in [5.41, 5.74) is 3.31. The van der Waals surface area contributed by atoms with Crippen molar-refractivity contribution in [3.8, 4) is 5.88 Å². The minimum Gasteiger partial charge on any atom is -0.467 e. The first kappa shape index (κ1) is 16.2. The van der Waals surface area contributed by atoms with Gasteiger partial charge >= 0.3 is 0 Å². The Kier molecular flexibility index (Phi) is 4.62. The standard InChI is InChI=1S/C18H16ClN3O2/c1-11-7-12(2)17(14(19)8-11)22-16(23)9-24-18-13-5-3-4-6-15(13)20-10-21-18/h3-8,10H,9H2,1-2H3,(H,22,23). The Hall–Kier alpha value is -2.66. The largest absolute Gasteiger partial charge is 0.467 e. The van der Waals surface area contributed by atoms with Gasteiger partial charge in [0.2, 0.25) is 5.88 Å². The van der Waals surface area contributed by atoms with Crippen LogP contribution in [0.4, 0.5) is 5.69 Å². The summed E-state index contributed by atoms with van der Waals surface area (Å²) in [5.74, 6) is 0.0778. The lowest BCUT2D eigenvalue weighted by Crippen LogP contribution is -2.21. The van der Waals surface area contributed by atoms with Gasteiger partial charge in [-0.15, -0.1) is 0 Å². The number of aryl methyl sites for hydroxylation is 2. The second kappa shape index (κ2) is 6.84. The van der Waals surface area contributed by atoms with Crippen molar-refractivity contribution in [3.63, 3.8) is 0 Å². The molecule has 0 fully saturated rings. The van der Waals surface area contributed by atoms with Gasteiger partial charge in [-0.2, -0.15) is 0 Å². The molecule has 122 valence electrons. The summed E-state index contributed by atoms with van der Waals surface area (Å²) in [7, 11) is 0. The zero-order valence-corrected chi connectivity index (χ0v) is 14.1. The Morgan fingerprint density at radius 1 is 1.21 bits per heavy atom. The third kappa shape index (κ3) is 3.46. The molecule has 0 bridgehead atoms. The number of hydrogen-bond acceptors (Lipinski definition) is 4. The van der Waals surface area contributed by atoms with Gasteiger partial charge in [0, 0.05) is 0 Å². The number of anilines is 1. The van der Waals surface area contributed by atoms with E-state index in [9.17, 15) is 4.79 Å². The molecule has 1 aromatic heterocycles. The molecule has 0 aliphatic rings. The molecule has 3 rings (SSSR count). The number of nitrogens with zero attached hydrogens (tertiary/aromatic N) is 2. The number of para-hydroxylation sites is 1. The SMILES string of the molecule is Cc1cc(C)c(NC(=O)COc2ncnc3ccccc23)c(Cl)c1. The molecule has 1 heterocycles. The number of benzene rings is 2. The van der Waals surface area contributed by atoms with Gasteiger partial charge in [-0.3, -0.25) is 4.79 Å². The van der Waals surface area contributed by atoms with Crippen molar-refractivity contribution in [1.29, 1.82) is 0 Å². The molecular formula is C18H16ClN3O2. The molecular weight excluding hydrogens is 326 g/mol. The zero-order chi connectivity index (χ0) is 17.1. The highest BCUT2D eigenvalue weighted by molar-refractivity contribution is 6.34. The lowest BCUT2D eigenvalue weighted by atomic mass is 10.1. The number of hydrogen-bond donors (Lipinski definition) is 1. The van der Waals surface area contributed by atoms with Gasteiger partial charge in [-0.25, -0.2) is 9.97 Å². The first-order valence-electron chi connectivity index (χ1n) is 7.44. The quantitative estimate of drug-likeness (QED) is 0.781. The fourth-order valence-electron chi connectivity index (χ4n) is 2.48. The molecule has 0 aliphatic carbocycles. The lowest BCUT2D eigenvalue weighted by Gasteiger charge is -2.12. The Balaban J connectivity index is 1.72. The van der Waals surface area contributed by atoms with E-state index in [4.69, 9.17) is 16.3 Å². The fraction of sp³-hybridized carbons (Fsp3) is 0.167. The molecule has 0 aliphatic heterocycles. The van der Waals surface area contributed by atoms with E-state index in [-0.39, 0.29) is 12.5 Å². The normalized spacial score (nSPS) is 10.6. The van der Waals surface area contributed by atoms with Gasteiger partial charge < -0.3 is 10.1 Å². The Morgan fingerprint density at radius 3 is 2.79 bits per heavy atom. The summed E-state index contributed by atoms with van der Waals surface area (Å²) < 4.78 is 5.55. The monoisotopic (exact) mass is 341 g/mol. The van der Waals surface area contributed by atoms with Gasteiger partial charge in [0.25, 0.3) is 5.91 Å². The number of aromatic nitrogens is 2. The van der Waals surface area contributed by atoms with Gasteiger partial charge in [0.15, 0.2) is 6.61 Å². The van der Waals surface area contributed by atoms with E-state index in [1.807, 2.05) is 50.2 Å². The maximum atomic E-state index is 12.2. The van der Waals surface area contributed by atoms with Gasteiger partial charge in [0.1, 0.15) is 6.33 Å². The number of fused-ring (bicyclic) bond motifs is 1. The van der Waals surface area contributed by atoms with E-state index < -0.39 is 0 Å². The predicted octanol–water partition coefficient (Wildman–Crippen LogP) is 3.92. The minimum atomic E-state index is -0.299. The van der Waals surface area contributed by atoms with Crippen LogP contribution in [-0.4, -0.2) is 22.5 Å². The number of nitrogens with one attached hydrogen (secondary N) is 1. The molecule has 1 N–H and O–H groups in total. The van der Waals surface area contributed by atoms with E-state index in [0.29, 0.717) is 16.6 Å². The number of rotatable bonds is 4. The van der Waals surface area contributed by atoms with E-state index in [2.05, 4.69) is 15.3 Å². The molecule has 5 nitrogen and oxygen atoms in total. The van der Waals surface area contributed by atoms with Crippen molar-refractivity contribution in [2.75, 3.05) is 11.9 Å². The summed E-state index contributed by atoms with van der Waals surface area (Å²) in [4.78, 5) is 20.4. The Bertz CT molecular complexity index is 883. The van der Waals surface area contributed by atoms with Crippen LogP contribution in [-0.2, 0) is 4.79 Å². The van der Waals surface area contributed by atoms with E-state index in [1.165, 1.54) is 6.33 Å². The van der Waals surface area contributed by atoms with Gasteiger partial charge in [-0.05, 0) is 43.2 Å². The van der Waals surface area contributed by atoms with E-state index in [0.717, 1.165) is 22.0 Å². The lowest BCUT2D eigenvalue weighted by molar-refractivity contribution is -0.118. The molecule has 1 amide bonds. The minimum absolute atomic E-state index is 0.162. The third-order valence-corrected chi connectivity index (χ3v) is 3.84. The summed E-state index contributed by atoms with van der Waals surface area (Å²) in [6.45, 7) is 3.69. The van der Waals surface area contributed by atoms with Crippen LogP contribution in [0.3, 0.4) is 0 Å². The Morgan fingerprint density at radius 2 is 2.00 bits per heavy atom. The maximum Gasteiger partial charge on any atom is 0.262 e. The van der Waals surface area contributed by atoms with E-state index >= 15 is 0 Å². The van der Waals surface area contributed by atoms with Crippen molar-refractivity contribution in [3.05, 3.63) is 58.9 Å². The van der Waals surface area contributed by atoms with Crippen LogP contribution < -0.4 is 10.1 Å². The second-order valence-electron chi connectivity index (χ2n) is 5.47. The first-order chi connectivity index (χ1) is 11.5. The number of halogens is 1. The smallest absolute Gasteiger partial charge is 0.262 e. The zero-order valence-electron chi connectivity index (χ0n) is 13.3. The third-order valence-electron chi connectivity index (χ3n) is 3.54. The number of ether oxygens (including phenoxy) is 1. The molecule has 0 saturated carbocycles. The van der Waals surface area contributed by atoms with Crippen LogP contribution in [0.1, 0.15) is 11.1 Å². The summed E-state index contributed by atoms with van der Waals surface area (Å²) in [6, 6.07) is 11.2. The average Bonchev–Trinajstić information content (AvgIpc) is 2.56. The molecule has 0 saturated heterocycles. The highest BCUT2D eigenvalue weighted by Crippen LogP contribution is 2.27. The van der Waals surface area contributed by atoms with Crippen molar-refractivity contribution in [1.82, 2.24) is 9.97 Å². The van der Waals surface area contributed by atoms with E-state index in [1.54, 1.807) is 0 Å². The molecule has 0 spiro atoms. The van der Waals surface area contributed by atoms with Crippen LogP contribution in [0, 0.1) is 13.8 Å². The molecule has 0 unspecified atom stereocenters. The second-order valence-corrected chi connectivity index (χ2v) is 5.88. The molecule has 0 atom stereocenters. The number of amides is 1. The van der Waals surface area contributed by atoms with Crippen LogP contribution in [0.15, 0.2) is 42.7 Å². The summed E-state index contributed by atoms with van der Waals surface area (Å²) in [6.07, 6.45) is 1.41. The van der Waals surface area contributed by atoms with Crippen LogP contribution in [0.5, 0.6) is 5.88 Å². The number of carbonyl (C=O) groups excluding carboxylic acids is 1. The van der Waals surface area contributed by atoms with Crippen LogP contribution in [0.25, 0.3) is 10.9 Å². The van der Waals surface area contributed by atoms with Crippen molar-refractivity contribution in [2.45, 2.75) is 13.8 Å². The first-order valence-corrected chi connectivity index (χ1v) is 7.81. The van der Waals surface area contributed by atoms with Gasteiger partial charge in [-0.1, -0.05) is 29.8 Å². The van der Waals surface area contributed by atoms with Crippen molar-refractivity contribution in [2.24, 2.45) is 0 Å².